The van der Waals surface area contributed by atoms with Crippen LogP contribution in [0, 0.1) is 40.4 Å². The molecule has 4 N–H and O–H groups in total. The second-order valence-corrected chi connectivity index (χ2v) is 14.2. The number of carboxylic acid groups (broad SMARTS) is 1. The number of aliphatic carboxylic acids is 1. The van der Waals surface area contributed by atoms with Crippen LogP contribution in [-0.4, -0.2) is 43.2 Å². The minimum absolute atomic E-state index is 0.203. The van der Waals surface area contributed by atoms with Gasteiger partial charge in [-0.05, 0) is 112 Å². The Morgan fingerprint density at radius 3 is 2.35 bits per heavy atom. The van der Waals surface area contributed by atoms with Gasteiger partial charge >= 0.3 is 5.97 Å². The topological polar surface area (TPSA) is 98.0 Å². The summed E-state index contributed by atoms with van der Waals surface area (Å²) >= 11 is 0. The maximum absolute atomic E-state index is 11.9. The SMILES string of the molecule is C[C@H](CCCC(C)(C)O)[C@H]1CC[C@H]2[C@@H]3CCC4(O)CC(O)(CC(=O)O)CC[C@]4(C)[C@H]3CC[C@]12C. The Balaban J connectivity index is 1.48. The molecule has 196 valence electrons. The average Bonchev–Trinajstić information content (AvgIpc) is 3.04. The first-order valence-corrected chi connectivity index (χ1v) is 14.0. The van der Waals surface area contributed by atoms with Gasteiger partial charge in [0, 0.05) is 6.42 Å². The van der Waals surface area contributed by atoms with E-state index in [0.717, 1.165) is 31.6 Å². The molecule has 0 radical (unpaired) electrons. The van der Waals surface area contributed by atoms with Gasteiger partial charge in [-0.1, -0.05) is 33.6 Å². The number of fused-ring (bicyclic) bond motifs is 5. The monoisotopic (exact) mass is 478 g/mol. The molecule has 2 unspecified atom stereocenters. The summed E-state index contributed by atoms with van der Waals surface area (Å²) in [5.74, 6) is 2.22. The molecule has 4 fully saturated rings. The molecule has 9 atom stereocenters. The third-order valence-electron chi connectivity index (χ3n) is 11.6. The van der Waals surface area contributed by atoms with Gasteiger partial charge in [0.1, 0.15) is 0 Å². The Morgan fingerprint density at radius 2 is 1.71 bits per heavy atom. The van der Waals surface area contributed by atoms with Crippen molar-refractivity contribution in [2.45, 2.75) is 135 Å². The third-order valence-corrected chi connectivity index (χ3v) is 11.6. The van der Waals surface area contributed by atoms with Crippen molar-refractivity contribution < 1.29 is 25.2 Å². The normalized spacial score (nSPS) is 47.4. The first kappa shape index (κ1) is 26.4. The summed E-state index contributed by atoms with van der Waals surface area (Å²) in [5, 5.41) is 42.3. The van der Waals surface area contributed by atoms with E-state index in [9.17, 15) is 25.2 Å². The van der Waals surface area contributed by atoms with Crippen molar-refractivity contribution in [2.75, 3.05) is 0 Å². The Bertz CT molecular complexity index is 775. The minimum atomic E-state index is -1.28. The zero-order chi connectivity index (χ0) is 25.2. The van der Waals surface area contributed by atoms with Crippen molar-refractivity contribution in [3.63, 3.8) is 0 Å². The van der Waals surface area contributed by atoms with E-state index in [1.807, 2.05) is 13.8 Å². The van der Waals surface area contributed by atoms with Gasteiger partial charge in [0.05, 0.1) is 23.2 Å². The number of carboxylic acids is 1. The van der Waals surface area contributed by atoms with Crippen molar-refractivity contribution >= 4 is 5.97 Å². The van der Waals surface area contributed by atoms with Crippen LogP contribution in [0.4, 0.5) is 0 Å². The Labute approximate surface area is 206 Å². The second kappa shape index (κ2) is 8.73. The Morgan fingerprint density at radius 1 is 1.00 bits per heavy atom. The molecule has 4 rings (SSSR count). The molecule has 0 bridgehead atoms. The van der Waals surface area contributed by atoms with Crippen molar-refractivity contribution in [3.8, 4) is 0 Å². The first-order chi connectivity index (χ1) is 15.6. The summed E-state index contributed by atoms with van der Waals surface area (Å²) in [4.78, 5) is 11.4. The van der Waals surface area contributed by atoms with Crippen molar-refractivity contribution in [3.05, 3.63) is 0 Å². The van der Waals surface area contributed by atoms with E-state index in [1.165, 1.54) is 25.7 Å². The maximum atomic E-state index is 11.9. The van der Waals surface area contributed by atoms with Gasteiger partial charge in [-0.3, -0.25) is 4.79 Å². The lowest BCUT2D eigenvalue weighted by atomic mass is 9.42. The summed E-state index contributed by atoms with van der Waals surface area (Å²) < 4.78 is 0. The molecular formula is C29H50O5. The molecule has 4 saturated carbocycles. The molecular weight excluding hydrogens is 428 g/mol. The number of aliphatic hydroxyl groups is 3. The fourth-order valence-electron chi connectivity index (χ4n) is 9.82. The highest BCUT2D eigenvalue weighted by Crippen LogP contribution is 2.69. The lowest BCUT2D eigenvalue weighted by molar-refractivity contribution is -0.239. The summed E-state index contributed by atoms with van der Waals surface area (Å²) in [6.45, 7) is 11.0. The fraction of sp³-hybridized carbons (Fsp3) is 0.966. The summed E-state index contributed by atoms with van der Waals surface area (Å²) in [6, 6.07) is 0. The average molecular weight is 479 g/mol. The van der Waals surface area contributed by atoms with Gasteiger partial charge in [-0.25, -0.2) is 0 Å². The number of rotatable bonds is 7. The highest BCUT2D eigenvalue weighted by molar-refractivity contribution is 5.68. The number of carbonyl (C=O) groups is 1. The molecule has 4 aliphatic carbocycles. The van der Waals surface area contributed by atoms with Crippen LogP contribution < -0.4 is 0 Å². The summed E-state index contributed by atoms with van der Waals surface area (Å²) in [7, 11) is 0. The molecule has 34 heavy (non-hydrogen) atoms. The minimum Gasteiger partial charge on any atom is -0.481 e. The van der Waals surface area contributed by atoms with Crippen molar-refractivity contribution in [1.82, 2.24) is 0 Å². The van der Waals surface area contributed by atoms with Crippen LogP contribution in [0.15, 0.2) is 0 Å². The molecule has 0 heterocycles. The molecule has 0 spiro atoms. The number of hydrogen-bond acceptors (Lipinski definition) is 4. The van der Waals surface area contributed by atoms with Crippen molar-refractivity contribution in [2.24, 2.45) is 40.4 Å². The fourth-order valence-corrected chi connectivity index (χ4v) is 9.82. The summed E-state index contributed by atoms with van der Waals surface area (Å²) in [6.07, 6.45) is 10.9. The second-order valence-electron chi connectivity index (χ2n) is 14.2. The van der Waals surface area contributed by atoms with Gasteiger partial charge in [0.15, 0.2) is 0 Å². The van der Waals surface area contributed by atoms with Crippen LogP contribution in [0.1, 0.15) is 118 Å². The molecule has 0 amide bonds. The third kappa shape index (κ3) is 4.47. The van der Waals surface area contributed by atoms with Crippen LogP contribution in [0.2, 0.25) is 0 Å². The predicted octanol–water partition coefficient (Wildman–Crippen LogP) is 5.54. The van der Waals surface area contributed by atoms with Crippen LogP contribution in [0.25, 0.3) is 0 Å². The smallest absolute Gasteiger partial charge is 0.306 e. The van der Waals surface area contributed by atoms with Gasteiger partial charge in [0.2, 0.25) is 0 Å². The maximum Gasteiger partial charge on any atom is 0.306 e. The molecule has 4 aliphatic rings. The standard InChI is InChI=1S/C29H50O5/c1-19(7-6-12-25(2,3)32)21-8-9-22-20-10-14-29(34)18-28(33,17-24(30)31)16-15-27(29,5)23(20)11-13-26(21,22)4/h19-23,32-34H,6-18H2,1-5H3,(H,30,31)/t19-,20+,21-,22+,23+,26-,27-,28?,29?/m1/s1. The van der Waals surface area contributed by atoms with E-state index in [4.69, 9.17) is 0 Å². The van der Waals surface area contributed by atoms with E-state index in [1.54, 1.807) is 0 Å². The molecule has 0 aromatic heterocycles. The van der Waals surface area contributed by atoms with Crippen LogP contribution in [0.3, 0.4) is 0 Å². The van der Waals surface area contributed by atoms with Gasteiger partial charge in [-0.15, -0.1) is 0 Å². The molecule has 5 nitrogen and oxygen atoms in total. The van der Waals surface area contributed by atoms with Crippen LogP contribution in [0.5, 0.6) is 0 Å². The van der Waals surface area contributed by atoms with E-state index >= 15 is 0 Å². The summed E-state index contributed by atoms with van der Waals surface area (Å²) in [5.41, 5.74) is -2.71. The van der Waals surface area contributed by atoms with Gasteiger partial charge in [0.25, 0.3) is 0 Å². The quantitative estimate of drug-likeness (QED) is 0.385. The highest BCUT2D eigenvalue weighted by atomic mass is 16.4. The van der Waals surface area contributed by atoms with E-state index < -0.39 is 22.8 Å². The van der Waals surface area contributed by atoms with E-state index in [0.29, 0.717) is 48.3 Å². The molecule has 5 heteroatoms. The first-order valence-electron chi connectivity index (χ1n) is 14.0. The Kier molecular flexibility index (Phi) is 6.78. The highest BCUT2D eigenvalue weighted by Gasteiger charge is 2.66. The zero-order valence-electron chi connectivity index (χ0n) is 22.3. The molecule has 0 aliphatic heterocycles. The molecule has 0 aromatic rings. The van der Waals surface area contributed by atoms with Crippen LogP contribution >= 0.6 is 0 Å². The largest absolute Gasteiger partial charge is 0.481 e. The van der Waals surface area contributed by atoms with Crippen molar-refractivity contribution in [1.29, 1.82) is 0 Å². The molecule has 0 aromatic carbocycles. The van der Waals surface area contributed by atoms with E-state index in [2.05, 4.69) is 20.8 Å². The zero-order valence-corrected chi connectivity index (χ0v) is 22.3. The van der Waals surface area contributed by atoms with Gasteiger partial charge in [-0.2, -0.15) is 0 Å². The number of hydrogen-bond donors (Lipinski definition) is 4. The van der Waals surface area contributed by atoms with Crippen LogP contribution in [-0.2, 0) is 4.79 Å². The lowest BCUT2D eigenvalue weighted by Gasteiger charge is -2.65. The van der Waals surface area contributed by atoms with Gasteiger partial charge < -0.3 is 20.4 Å². The lowest BCUT2D eigenvalue weighted by Crippen LogP contribution is -2.65. The predicted molar refractivity (Wildman–Crippen MR) is 133 cm³/mol. The van der Waals surface area contributed by atoms with E-state index in [-0.39, 0.29) is 18.3 Å². The molecule has 0 saturated heterocycles. The Hall–Kier alpha value is -0.650.